The first-order valence-corrected chi connectivity index (χ1v) is 8.62. The first kappa shape index (κ1) is 17.0. The number of hydrogen-bond acceptors (Lipinski definition) is 2. The summed E-state index contributed by atoms with van der Waals surface area (Å²) < 4.78 is 0. The normalized spacial score (nSPS) is 21.5. The summed E-state index contributed by atoms with van der Waals surface area (Å²) in [5, 5.41) is 0. The van der Waals surface area contributed by atoms with Crippen LogP contribution in [0.3, 0.4) is 0 Å². The lowest BCUT2D eigenvalue weighted by molar-refractivity contribution is 0.0932. The molecule has 1 aliphatic heterocycles. The van der Waals surface area contributed by atoms with Crippen molar-refractivity contribution in [3.8, 4) is 0 Å². The first-order valence-electron chi connectivity index (χ1n) is 8.62. The fourth-order valence-electron chi connectivity index (χ4n) is 3.60. The summed E-state index contributed by atoms with van der Waals surface area (Å²) in [7, 11) is 0. The van der Waals surface area contributed by atoms with Crippen LogP contribution in [-0.2, 0) is 0 Å². The Morgan fingerprint density at radius 1 is 1.05 bits per heavy atom. The molecule has 0 aliphatic carbocycles. The zero-order valence-electron chi connectivity index (χ0n) is 13.6. The fraction of sp³-hybridized carbons (Fsp3) is 1.00. The molecule has 1 unspecified atom stereocenters. The molecule has 0 amide bonds. The predicted molar refractivity (Wildman–Crippen MR) is 85.4 cm³/mol. The average molecular weight is 268 g/mol. The Hall–Kier alpha value is -0.0800. The van der Waals surface area contributed by atoms with Gasteiger partial charge in [-0.05, 0) is 69.6 Å². The second-order valence-electron chi connectivity index (χ2n) is 6.54. The maximum absolute atomic E-state index is 5.67. The molecule has 0 saturated carbocycles. The Kier molecular flexibility index (Phi) is 8.01. The van der Waals surface area contributed by atoms with E-state index < -0.39 is 0 Å². The molecule has 2 heteroatoms. The smallest absolute Gasteiger partial charge is 0.00134 e. The Morgan fingerprint density at radius 2 is 1.68 bits per heavy atom. The van der Waals surface area contributed by atoms with Crippen LogP contribution in [-0.4, -0.2) is 31.1 Å². The van der Waals surface area contributed by atoms with E-state index in [0.717, 1.165) is 12.5 Å². The number of likely N-dealkylation sites (tertiary alicyclic amines) is 1. The van der Waals surface area contributed by atoms with Crippen LogP contribution in [0, 0.1) is 11.3 Å². The van der Waals surface area contributed by atoms with Gasteiger partial charge < -0.3 is 10.6 Å². The van der Waals surface area contributed by atoms with E-state index in [2.05, 4.69) is 25.7 Å². The molecule has 1 saturated heterocycles. The fourth-order valence-corrected chi connectivity index (χ4v) is 3.60. The lowest BCUT2D eigenvalue weighted by atomic mass is 9.74. The van der Waals surface area contributed by atoms with Crippen molar-refractivity contribution in [2.75, 3.05) is 26.2 Å². The third-order valence-corrected chi connectivity index (χ3v) is 5.66. The number of rotatable bonds is 9. The van der Waals surface area contributed by atoms with Crippen LogP contribution in [0.1, 0.15) is 72.1 Å². The molecule has 0 bridgehead atoms. The second kappa shape index (κ2) is 8.97. The number of piperidine rings is 1. The highest BCUT2D eigenvalue weighted by Gasteiger charge is 2.30. The molecule has 1 heterocycles. The Morgan fingerprint density at radius 3 is 2.16 bits per heavy atom. The number of nitrogens with two attached hydrogens (primary N) is 1. The second-order valence-corrected chi connectivity index (χ2v) is 6.54. The molecule has 0 aromatic rings. The van der Waals surface area contributed by atoms with Crippen LogP contribution in [0.25, 0.3) is 0 Å². The molecule has 0 aromatic carbocycles. The highest BCUT2D eigenvalue weighted by molar-refractivity contribution is 4.83. The van der Waals surface area contributed by atoms with Crippen LogP contribution in [0.2, 0.25) is 0 Å². The molecule has 1 atom stereocenters. The lowest BCUT2D eigenvalue weighted by Gasteiger charge is -2.41. The molecule has 114 valence electrons. The van der Waals surface area contributed by atoms with E-state index in [-0.39, 0.29) is 0 Å². The van der Waals surface area contributed by atoms with Gasteiger partial charge in [0.2, 0.25) is 0 Å². The van der Waals surface area contributed by atoms with Crippen molar-refractivity contribution in [3.05, 3.63) is 0 Å². The van der Waals surface area contributed by atoms with Gasteiger partial charge in [-0.2, -0.15) is 0 Å². The van der Waals surface area contributed by atoms with E-state index in [1.807, 2.05) is 0 Å². The van der Waals surface area contributed by atoms with Gasteiger partial charge in [0.05, 0.1) is 0 Å². The largest absolute Gasteiger partial charge is 0.330 e. The summed E-state index contributed by atoms with van der Waals surface area (Å²) in [6, 6.07) is 0. The monoisotopic (exact) mass is 268 g/mol. The van der Waals surface area contributed by atoms with E-state index in [9.17, 15) is 0 Å². The molecule has 0 radical (unpaired) electrons. The minimum Gasteiger partial charge on any atom is -0.330 e. The van der Waals surface area contributed by atoms with E-state index in [1.165, 1.54) is 71.0 Å². The minimum absolute atomic E-state index is 0.669. The third kappa shape index (κ3) is 5.43. The van der Waals surface area contributed by atoms with Gasteiger partial charge >= 0.3 is 0 Å². The molecule has 2 N–H and O–H groups in total. The zero-order chi connectivity index (χ0) is 14.1. The third-order valence-electron chi connectivity index (χ3n) is 5.66. The molecule has 2 nitrogen and oxygen atoms in total. The van der Waals surface area contributed by atoms with Gasteiger partial charge in [-0.1, -0.05) is 40.0 Å². The van der Waals surface area contributed by atoms with E-state index in [0.29, 0.717) is 5.41 Å². The van der Waals surface area contributed by atoms with Gasteiger partial charge in [0.1, 0.15) is 0 Å². The maximum atomic E-state index is 5.67. The molecule has 0 aromatic heterocycles. The Bertz CT molecular complexity index is 213. The maximum Gasteiger partial charge on any atom is -0.00134 e. The SMILES string of the molecule is CCC(CCN)CCCN1CCC(CC)(CC)CC1. The van der Waals surface area contributed by atoms with Gasteiger partial charge in [-0.25, -0.2) is 0 Å². The van der Waals surface area contributed by atoms with Crippen molar-refractivity contribution in [1.82, 2.24) is 4.90 Å². The lowest BCUT2D eigenvalue weighted by Crippen LogP contribution is -2.40. The van der Waals surface area contributed by atoms with Crippen molar-refractivity contribution in [3.63, 3.8) is 0 Å². The van der Waals surface area contributed by atoms with Crippen molar-refractivity contribution in [2.45, 2.75) is 72.1 Å². The molecule has 0 spiro atoms. The average Bonchev–Trinajstić information content (AvgIpc) is 2.47. The van der Waals surface area contributed by atoms with Crippen LogP contribution in [0.4, 0.5) is 0 Å². The van der Waals surface area contributed by atoms with Gasteiger partial charge in [0.25, 0.3) is 0 Å². The Balaban J connectivity index is 2.19. The van der Waals surface area contributed by atoms with Gasteiger partial charge in [0, 0.05) is 0 Å². The molecular formula is C17H36N2. The minimum atomic E-state index is 0.669. The van der Waals surface area contributed by atoms with Crippen LogP contribution in [0.15, 0.2) is 0 Å². The first-order chi connectivity index (χ1) is 9.19. The van der Waals surface area contributed by atoms with Crippen LogP contribution >= 0.6 is 0 Å². The zero-order valence-corrected chi connectivity index (χ0v) is 13.6. The van der Waals surface area contributed by atoms with Gasteiger partial charge in [-0.15, -0.1) is 0 Å². The van der Waals surface area contributed by atoms with Crippen molar-refractivity contribution >= 4 is 0 Å². The van der Waals surface area contributed by atoms with Crippen molar-refractivity contribution < 1.29 is 0 Å². The quantitative estimate of drug-likeness (QED) is 0.684. The van der Waals surface area contributed by atoms with Crippen molar-refractivity contribution in [2.24, 2.45) is 17.1 Å². The summed E-state index contributed by atoms with van der Waals surface area (Å²) >= 11 is 0. The van der Waals surface area contributed by atoms with E-state index in [1.54, 1.807) is 0 Å². The summed E-state index contributed by atoms with van der Waals surface area (Å²) in [6.45, 7) is 11.9. The predicted octanol–water partition coefficient (Wildman–Crippen LogP) is 4.04. The van der Waals surface area contributed by atoms with E-state index in [4.69, 9.17) is 5.73 Å². The summed E-state index contributed by atoms with van der Waals surface area (Å²) in [5.74, 6) is 0.861. The summed E-state index contributed by atoms with van der Waals surface area (Å²) in [4.78, 5) is 2.69. The van der Waals surface area contributed by atoms with E-state index >= 15 is 0 Å². The van der Waals surface area contributed by atoms with Gasteiger partial charge in [0.15, 0.2) is 0 Å². The van der Waals surface area contributed by atoms with Crippen LogP contribution in [0.5, 0.6) is 0 Å². The molecule has 1 rings (SSSR count). The topological polar surface area (TPSA) is 29.3 Å². The highest BCUT2D eigenvalue weighted by atomic mass is 15.1. The summed E-state index contributed by atoms with van der Waals surface area (Å²) in [6.07, 6.45) is 10.8. The van der Waals surface area contributed by atoms with Crippen molar-refractivity contribution in [1.29, 1.82) is 0 Å². The standard InChI is InChI=1S/C17H36N2/c1-4-16(9-12-18)8-7-13-19-14-10-17(5-2,6-3)11-15-19/h16H,4-15,18H2,1-3H3. The Labute approximate surface area is 121 Å². The van der Waals surface area contributed by atoms with Crippen LogP contribution < -0.4 is 5.73 Å². The molecule has 19 heavy (non-hydrogen) atoms. The molecular weight excluding hydrogens is 232 g/mol. The van der Waals surface area contributed by atoms with Gasteiger partial charge in [-0.3, -0.25) is 0 Å². The summed E-state index contributed by atoms with van der Waals surface area (Å²) in [5.41, 5.74) is 6.34. The number of nitrogens with zero attached hydrogens (tertiary/aromatic N) is 1. The number of hydrogen-bond donors (Lipinski definition) is 1. The molecule has 1 fully saturated rings. The molecule has 1 aliphatic rings. The highest BCUT2D eigenvalue weighted by Crippen LogP contribution is 2.37.